The molecule has 1 unspecified atom stereocenters. The molecule has 2 aromatic carbocycles. The Morgan fingerprint density at radius 1 is 1.15 bits per heavy atom. The molecule has 0 spiro atoms. The van der Waals surface area contributed by atoms with Crippen LogP contribution in [0.5, 0.6) is 5.75 Å². The molecular formula is C29H32F3N3O4. The molecule has 39 heavy (non-hydrogen) atoms. The van der Waals surface area contributed by atoms with Gasteiger partial charge in [-0.25, -0.2) is 9.48 Å². The molecule has 2 heterocycles. The molecule has 1 saturated heterocycles. The van der Waals surface area contributed by atoms with Crippen molar-refractivity contribution in [1.29, 1.82) is 0 Å². The smallest absolute Gasteiger partial charge is 0.419 e. The second-order valence-corrected chi connectivity index (χ2v) is 9.85. The fourth-order valence-electron chi connectivity index (χ4n) is 4.78. The topological polar surface area (TPSA) is 82.5 Å². The zero-order chi connectivity index (χ0) is 28.2. The standard InChI is InChI=1S/C29H32F3N3O4/c1-4-6-25(20-8-10-21(11-9-20)27(36)39-28(37)22-7-5-12-33-15-22)38-24-13-18(2)26(19(3)14-24)35-17-23(16-34-35)29(30,31)32/h8-11,13-14,16-17,22,25,33H,4-7,12,15H2,1-3H3/t22?,25-/m0/s1. The normalized spacial score (nSPS) is 16.5. The van der Waals surface area contributed by atoms with E-state index in [1.165, 1.54) is 4.68 Å². The number of benzene rings is 2. The summed E-state index contributed by atoms with van der Waals surface area (Å²) in [7, 11) is 0. The van der Waals surface area contributed by atoms with Gasteiger partial charge in [0.25, 0.3) is 0 Å². The van der Waals surface area contributed by atoms with Crippen LogP contribution in [0.2, 0.25) is 0 Å². The molecule has 2 atom stereocenters. The summed E-state index contributed by atoms with van der Waals surface area (Å²) in [5.74, 6) is -0.935. The molecular weight excluding hydrogens is 511 g/mol. The van der Waals surface area contributed by atoms with Crippen molar-refractivity contribution >= 4 is 11.9 Å². The molecule has 1 fully saturated rings. The van der Waals surface area contributed by atoms with E-state index in [0.717, 1.165) is 37.3 Å². The first-order chi connectivity index (χ1) is 18.6. The summed E-state index contributed by atoms with van der Waals surface area (Å²) in [6.07, 6.45) is 0.0974. The van der Waals surface area contributed by atoms with Crippen LogP contribution in [-0.4, -0.2) is 34.8 Å². The molecule has 208 valence electrons. The molecule has 0 radical (unpaired) electrons. The van der Waals surface area contributed by atoms with Gasteiger partial charge in [-0.05, 0) is 80.6 Å². The van der Waals surface area contributed by atoms with Crippen LogP contribution in [-0.2, 0) is 15.7 Å². The van der Waals surface area contributed by atoms with Gasteiger partial charge in [0.2, 0.25) is 0 Å². The maximum Gasteiger partial charge on any atom is 0.419 e. The highest BCUT2D eigenvalue weighted by atomic mass is 19.4. The number of aryl methyl sites for hydroxylation is 2. The summed E-state index contributed by atoms with van der Waals surface area (Å²) in [5.41, 5.74) is 2.30. The van der Waals surface area contributed by atoms with Crippen LogP contribution >= 0.6 is 0 Å². The van der Waals surface area contributed by atoms with Gasteiger partial charge in [0, 0.05) is 12.7 Å². The molecule has 10 heteroatoms. The highest BCUT2D eigenvalue weighted by Gasteiger charge is 2.32. The summed E-state index contributed by atoms with van der Waals surface area (Å²) >= 11 is 0. The van der Waals surface area contributed by atoms with Crippen molar-refractivity contribution in [2.45, 2.75) is 58.7 Å². The second-order valence-electron chi connectivity index (χ2n) is 9.85. The number of nitrogens with zero attached hydrogens (tertiary/aromatic N) is 2. The van der Waals surface area contributed by atoms with E-state index in [9.17, 15) is 22.8 Å². The zero-order valence-corrected chi connectivity index (χ0v) is 22.2. The van der Waals surface area contributed by atoms with Crippen LogP contribution < -0.4 is 10.1 Å². The number of carbonyl (C=O) groups is 2. The highest BCUT2D eigenvalue weighted by Crippen LogP contribution is 2.33. The number of ether oxygens (including phenoxy) is 2. The molecule has 0 aliphatic carbocycles. The molecule has 1 N–H and O–H groups in total. The van der Waals surface area contributed by atoms with E-state index < -0.39 is 23.7 Å². The first-order valence-corrected chi connectivity index (χ1v) is 13.0. The van der Waals surface area contributed by atoms with Gasteiger partial charge in [0.15, 0.2) is 0 Å². The predicted molar refractivity (Wildman–Crippen MR) is 139 cm³/mol. The maximum absolute atomic E-state index is 13.0. The number of nitrogens with one attached hydrogen (secondary N) is 1. The Kier molecular flexibility index (Phi) is 8.74. The number of hydrogen-bond acceptors (Lipinski definition) is 6. The monoisotopic (exact) mass is 543 g/mol. The Bertz CT molecular complexity index is 1290. The lowest BCUT2D eigenvalue weighted by Crippen LogP contribution is -2.36. The third-order valence-electron chi connectivity index (χ3n) is 6.77. The number of esters is 2. The molecule has 1 aliphatic heterocycles. The lowest BCUT2D eigenvalue weighted by molar-refractivity contribution is -0.143. The van der Waals surface area contributed by atoms with E-state index in [1.807, 2.05) is 6.92 Å². The number of alkyl halides is 3. The van der Waals surface area contributed by atoms with Gasteiger partial charge in [0.05, 0.1) is 28.9 Å². The Labute approximate surface area is 225 Å². The van der Waals surface area contributed by atoms with E-state index in [1.54, 1.807) is 50.2 Å². The molecule has 7 nitrogen and oxygen atoms in total. The van der Waals surface area contributed by atoms with E-state index in [-0.39, 0.29) is 17.6 Å². The SMILES string of the molecule is CCC[C@H](Oc1cc(C)c(-n2cc(C(F)(F)F)cn2)c(C)c1)c1ccc(C(=O)OC(=O)C2CCCNC2)cc1. The average Bonchev–Trinajstić information content (AvgIpc) is 3.39. The van der Waals surface area contributed by atoms with E-state index in [4.69, 9.17) is 9.47 Å². The first kappa shape index (κ1) is 28.4. The number of halogens is 3. The third kappa shape index (κ3) is 6.86. The van der Waals surface area contributed by atoms with E-state index in [0.29, 0.717) is 42.0 Å². The van der Waals surface area contributed by atoms with Crippen molar-refractivity contribution in [3.63, 3.8) is 0 Å². The number of carbonyl (C=O) groups excluding carboxylic acids is 2. The quantitative estimate of drug-likeness (QED) is 0.273. The lowest BCUT2D eigenvalue weighted by atomic mass is 10.00. The minimum atomic E-state index is -4.47. The van der Waals surface area contributed by atoms with Gasteiger partial charge >= 0.3 is 18.1 Å². The summed E-state index contributed by atoms with van der Waals surface area (Å²) in [4.78, 5) is 24.8. The van der Waals surface area contributed by atoms with Gasteiger partial charge < -0.3 is 14.8 Å². The van der Waals surface area contributed by atoms with Gasteiger partial charge in [-0.15, -0.1) is 0 Å². The number of hydrogen-bond donors (Lipinski definition) is 1. The van der Waals surface area contributed by atoms with Crippen molar-refractivity contribution in [3.8, 4) is 11.4 Å². The van der Waals surface area contributed by atoms with Gasteiger partial charge in [-0.3, -0.25) is 4.79 Å². The van der Waals surface area contributed by atoms with Gasteiger partial charge in [-0.1, -0.05) is 25.5 Å². The van der Waals surface area contributed by atoms with Crippen LogP contribution in [0.25, 0.3) is 5.69 Å². The molecule has 0 bridgehead atoms. The Hall–Kier alpha value is -3.66. The zero-order valence-electron chi connectivity index (χ0n) is 22.2. The second kappa shape index (κ2) is 12.0. The first-order valence-electron chi connectivity index (χ1n) is 13.0. The molecule has 4 rings (SSSR count). The number of aromatic nitrogens is 2. The Morgan fingerprint density at radius 3 is 2.41 bits per heavy atom. The van der Waals surface area contributed by atoms with Crippen LogP contribution in [0.3, 0.4) is 0 Å². The van der Waals surface area contributed by atoms with Crippen molar-refractivity contribution in [1.82, 2.24) is 15.1 Å². The maximum atomic E-state index is 13.0. The van der Waals surface area contributed by atoms with E-state index in [2.05, 4.69) is 10.4 Å². The fraction of sp³-hybridized carbons (Fsp3) is 0.414. The molecule has 3 aromatic rings. The van der Waals surface area contributed by atoms with Crippen molar-refractivity contribution < 1.29 is 32.2 Å². The van der Waals surface area contributed by atoms with Crippen molar-refractivity contribution in [2.24, 2.45) is 5.92 Å². The number of rotatable bonds is 8. The number of piperidine rings is 1. The Morgan fingerprint density at radius 2 is 1.85 bits per heavy atom. The minimum absolute atomic E-state index is 0.277. The minimum Gasteiger partial charge on any atom is -0.486 e. The van der Waals surface area contributed by atoms with Gasteiger partial charge in [0.1, 0.15) is 11.9 Å². The summed E-state index contributed by atoms with van der Waals surface area (Å²) in [5, 5.41) is 7.04. The summed E-state index contributed by atoms with van der Waals surface area (Å²) < 4.78 is 51.8. The van der Waals surface area contributed by atoms with Crippen molar-refractivity contribution in [2.75, 3.05) is 13.1 Å². The van der Waals surface area contributed by atoms with Crippen LogP contribution in [0.1, 0.15) is 71.3 Å². The Balaban J connectivity index is 1.47. The lowest BCUT2D eigenvalue weighted by Gasteiger charge is -2.21. The largest absolute Gasteiger partial charge is 0.486 e. The molecule has 1 aromatic heterocycles. The fourth-order valence-corrected chi connectivity index (χ4v) is 4.78. The van der Waals surface area contributed by atoms with Crippen LogP contribution in [0.4, 0.5) is 13.2 Å². The van der Waals surface area contributed by atoms with Crippen LogP contribution in [0.15, 0.2) is 48.8 Å². The van der Waals surface area contributed by atoms with Gasteiger partial charge in [-0.2, -0.15) is 18.3 Å². The summed E-state index contributed by atoms with van der Waals surface area (Å²) in [6, 6.07) is 10.3. The highest BCUT2D eigenvalue weighted by molar-refractivity contribution is 5.97. The van der Waals surface area contributed by atoms with Crippen LogP contribution in [0, 0.1) is 19.8 Å². The predicted octanol–water partition coefficient (Wildman–Crippen LogP) is 6.11. The van der Waals surface area contributed by atoms with E-state index >= 15 is 0 Å². The van der Waals surface area contributed by atoms with Crippen molar-refractivity contribution in [3.05, 3.63) is 76.6 Å². The third-order valence-corrected chi connectivity index (χ3v) is 6.77. The molecule has 0 saturated carbocycles. The average molecular weight is 544 g/mol. The molecule has 1 aliphatic rings. The molecule has 0 amide bonds. The summed E-state index contributed by atoms with van der Waals surface area (Å²) in [6.45, 7) is 6.99.